The Morgan fingerprint density at radius 1 is 1.35 bits per heavy atom. The van der Waals surface area contributed by atoms with E-state index in [0.29, 0.717) is 23.3 Å². The molecule has 3 atom stereocenters. The molecular formula is C21H25N6O6P. The van der Waals surface area contributed by atoms with Crippen LogP contribution in [0.5, 0.6) is 5.75 Å². The number of rotatable bonds is 10. The van der Waals surface area contributed by atoms with Crippen LogP contribution in [0, 0.1) is 5.41 Å². The van der Waals surface area contributed by atoms with E-state index in [1.54, 1.807) is 47.4 Å². The second kappa shape index (κ2) is 9.51. The number of carbonyl (C=O) groups excluding carboxylic acids is 1. The van der Waals surface area contributed by atoms with Gasteiger partial charge in [-0.1, -0.05) is 18.2 Å². The van der Waals surface area contributed by atoms with Gasteiger partial charge < -0.3 is 20.1 Å². The van der Waals surface area contributed by atoms with Crippen molar-refractivity contribution in [1.82, 2.24) is 24.6 Å². The standard InChI is InChI=1S/C21H25N6O6P/c1-14(20(29)31-2)26-34(30,33-16-6-4-3-5-7-16)32-11-21(10-28)8-15(21)9-27-13-25-17-18(22)23-12-24-19(17)27/h3-7,9,12-14,28H,8,10-11H2,1-2H3,(H,26,30)(H2,22,23,24)/b15-9+/t14-,21?,34?/m0/s1. The molecule has 2 unspecified atom stereocenters. The number of fused-ring (bicyclic) bond motifs is 1. The molecule has 0 radical (unpaired) electrons. The molecule has 2 aromatic heterocycles. The van der Waals surface area contributed by atoms with Crippen molar-refractivity contribution in [3.8, 4) is 5.75 Å². The van der Waals surface area contributed by atoms with Crippen molar-refractivity contribution in [3.63, 3.8) is 0 Å². The minimum absolute atomic E-state index is 0.121. The summed E-state index contributed by atoms with van der Waals surface area (Å²) in [6.07, 6.45) is 5.15. The molecule has 1 aromatic carbocycles. The highest BCUT2D eigenvalue weighted by Gasteiger charge is 2.51. The Kier molecular flexibility index (Phi) is 6.67. The van der Waals surface area contributed by atoms with Gasteiger partial charge >= 0.3 is 13.7 Å². The van der Waals surface area contributed by atoms with Gasteiger partial charge in [0.1, 0.15) is 24.4 Å². The normalized spacial score (nSPS) is 21.2. The highest BCUT2D eigenvalue weighted by molar-refractivity contribution is 7.52. The highest BCUT2D eigenvalue weighted by atomic mass is 31.2. The molecule has 1 saturated carbocycles. The molecule has 2 heterocycles. The van der Waals surface area contributed by atoms with Gasteiger partial charge in [0, 0.05) is 11.6 Å². The summed E-state index contributed by atoms with van der Waals surface area (Å²) in [6, 6.07) is 7.48. The molecule has 4 N–H and O–H groups in total. The molecule has 0 saturated heterocycles. The van der Waals surface area contributed by atoms with Crippen molar-refractivity contribution < 1.29 is 28.3 Å². The number of anilines is 1. The van der Waals surface area contributed by atoms with Crippen LogP contribution in [0.1, 0.15) is 13.3 Å². The van der Waals surface area contributed by atoms with Crippen molar-refractivity contribution in [3.05, 3.63) is 48.6 Å². The Hall–Kier alpha value is -3.31. The van der Waals surface area contributed by atoms with E-state index in [-0.39, 0.29) is 19.0 Å². The molecule has 0 amide bonds. The minimum Gasteiger partial charge on any atom is -0.468 e. The van der Waals surface area contributed by atoms with Crippen LogP contribution in [0.15, 0.2) is 48.6 Å². The maximum atomic E-state index is 13.5. The van der Waals surface area contributed by atoms with Gasteiger partial charge in [0.25, 0.3) is 0 Å². The Bertz CT molecular complexity index is 1270. The number of methoxy groups -OCH3 is 1. The van der Waals surface area contributed by atoms with Gasteiger partial charge in [-0.2, -0.15) is 5.09 Å². The number of nitrogens with one attached hydrogen (secondary N) is 1. The molecule has 0 aliphatic heterocycles. The van der Waals surface area contributed by atoms with Gasteiger partial charge in [-0.15, -0.1) is 0 Å². The summed E-state index contributed by atoms with van der Waals surface area (Å²) in [5.74, 6) is -0.0701. The third-order valence-electron chi connectivity index (χ3n) is 5.46. The molecule has 180 valence electrons. The predicted molar refractivity (Wildman–Crippen MR) is 123 cm³/mol. The SMILES string of the molecule is COC(=O)[C@H](C)NP(=O)(OCC1(CO)C/C1=C\n1cnc2c(N)ncnc21)Oc1ccccc1. The lowest BCUT2D eigenvalue weighted by atomic mass is 10.1. The summed E-state index contributed by atoms with van der Waals surface area (Å²) < 4.78 is 31.2. The van der Waals surface area contributed by atoms with Crippen molar-refractivity contribution in [1.29, 1.82) is 0 Å². The lowest BCUT2D eigenvalue weighted by Crippen LogP contribution is -2.35. The average molecular weight is 488 g/mol. The molecule has 0 bridgehead atoms. The van der Waals surface area contributed by atoms with Crippen LogP contribution in [0.25, 0.3) is 17.4 Å². The molecule has 13 heteroatoms. The van der Waals surface area contributed by atoms with Gasteiger partial charge in [-0.05, 0) is 31.1 Å². The Labute approximate surface area is 195 Å². The van der Waals surface area contributed by atoms with E-state index < -0.39 is 25.2 Å². The van der Waals surface area contributed by atoms with Crippen molar-refractivity contribution >= 4 is 36.9 Å². The smallest absolute Gasteiger partial charge is 0.459 e. The number of para-hydroxylation sites is 1. The summed E-state index contributed by atoms with van der Waals surface area (Å²) in [4.78, 5) is 24.2. The Balaban J connectivity index is 1.53. The number of aliphatic hydroxyl groups is 1. The zero-order valence-corrected chi connectivity index (χ0v) is 19.5. The molecule has 0 spiro atoms. The first-order chi connectivity index (χ1) is 16.3. The van der Waals surface area contributed by atoms with E-state index in [2.05, 4.69) is 20.0 Å². The highest BCUT2D eigenvalue weighted by Crippen LogP contribution is 2.56. The van der Waals surface area contributed by atoms with Crippen LogP contribution >= 0.6 is 7.75 Å². The molecule has 34 heavy (non-hydrogen) atoms. The van der Waals surface area contributed by atoms with Crippen molar-refractivity contribution in [2.45, 2.75) is 19.4 Å². The maximum Gasteiger partial charge on any atom is 0.459 e. The predicted octanol–water partition coefficient (Wildman–Crippen LogP) is 1.99. The fourth-order valence-corrected chi connectivity index (χ4v) is 4.94. The largest absolute Gasteiger partial charge is 0.468 e. The number of nitrogen functional groups attached to an aromatic ring is 1. The van der Waals surface area contributed by atoms with E-state index in [4.69, 9.17) is 19.5 Å². The minimum atomic E-state index is -4.02. The number of carbonyl (C=O) groups is 1. The summed E-state index contributed by atoms with van der Waals surface area (Å²) in [5, 5.41) is 12.7. The second-order valence-electron chi connectivity index (χ2n) is 7.90. The van der Waals surface area contributed by atoms with E-state index in [0.717, 1.165) is 5.57 Å². The topological polar surface area (TPSA) is 164 Å². The molecule has 1 aliphatic carbocycles. The number of nitrogens with two attached hydrogens (primary N) is 1. The number of esters is 1. The van der Waals surface area contributed by atoms with E-state index >= 15 is 0 Å². The number of hydrogen-bond acceptors (Lipinski definition) is 10. The van der Waals surface area contributed by atoms with Gasteiger partial charge in [0.15, 0.2) is 17.0 Å². The maximum absolute atomic E-state index is 13.5. The van der Waals surface area contributed by atoms with E-state index in [9.17, 15) is 14.5 Å². The number of nitrogens with zero attached hydrogens (tertiary/aromatic N) is 4. The summed E-state index contributed by atoms with van der Waals surface area (Å²) in [7, 11) is -2.80. The quantitative estimate of drug-likeness (QED) is 0.282. The Morgan fingerprint density at radius 2 is 2.12 bits per heavy atom. The number of aromatic nitrogens is 4. The molecule has 1 aliphatic rings. The number of hydrogen-bond donors (Lipinski definition) is 3. The lowest BCUT2D eigenvalue weighted by molar-refractivity contribution is -0.142. The zero-order chi connectivity index (χ0) is 24.3. The monoisotopic (exact) mass is 488 g/mol. The third-order valence-corrected chi connectivity index (χ3v) is 7.08. The van der Waals surface area contributed by atoms with Gasteiger partial charge in [0.2, 0.25) is 0 Å². The first-order valence-corrected chi connectivity index (χ1v) is 11.9. The number of imidazole rings is 1. The fourth-order valence-electron chi connectivity index (χ4n) is 3.37. The molecule has 3 aromatic rings. The molecule has 4 rings (SSSR count). The lowest BCUT2D eigenvalue weighted by Gasteiger charge is -2.24. The number of ether oxygens (including phenoxy) is 1. The second-order valence-corrected chi connectivity index (χ2v) is 9.60. The average Bonchev–Trinajstić information content (AvgIpc) is 3.37. The summed E-state index contributed by atoms with van der Waals surface area (Å²) in [6.45, 7) is 1.11. The van der Waals surface area contributed by atoms with Gasteiger partial charge in [-0.25, -0.2) is 19.5 Å². The zero-order valence-electron chi connectivity index (χ0n) is 18.6. The number of benzene rings is 1. The molecule has 12 nitrogen and oxygen atoms in total. The van der Waals surface area contributed by atoms with Crippen molar-refractivity contribution in [2.24, 2.45) is 5.41 Å². The van der Waals surface area contributed by atoms with Crippen LogP contribution in [-0.4, -0.2) is 57.0 Å². The first kappa shape index (κ1) is 23.8. The molecule has 1 fully saturated rings. The number of aliphatic hydroxyl groups excluding tert-OH is 1. The van der Waals surface area contributed by atoms with E-state index in [1.807, 2.05) is 0 Å². The fraction of sp³-hybridized carbons (Fsp3) is 0.333. The van der Waals surface area contributed by atoms with Crippen LogP contribution in [0.2, 0.25) is 0 Å². The molecular weight excluding hydrogens is 463 g/mol. The first-order valence-electron chi connectivity index (χ1n) is 10.4. The third kappa shape index (κ3) is 4.95. The Morgan fingerprint density at radius 3 is 2.82 bits per heavy atom. The van der Waals surface area contributed by atoms with Crippen LogP contribution in [0.4, 0.5) is 5.82 Å². The van der Waals surface area contributed by atoms with Crippen LogP contribution < -0.4 is 15.3 Å². The summed E-state index contributed by atoms with van der Waals surface area (Å²) in [5.41, 5.74) is 6.87. The van der Waals surface area contributed by atoms with Gasteiger partial charge in [0.05, 0.1) is 20.3 Å². The summed E-state index contributed by atoms with van der Waals surface area (Å²) >= 11 is 0. The van der Waals surface area contributed by atoms with Gasteiger partial charge in [-0.3, -0.25) is 13.9 Å². The van der Waals surface area contributed by atoms with Crippen molar-refractivity contribution in [2.75, 3.05) is 26.1 Å². The van der Waals surface area contributed by atoms with Crippen LogP contribution in [-0.2, 0) is 18.6 Å². The van der Waals surface area contributed by atoms with Crippen LogP contribution in [0.3, 0.4) is 0 Å². The van der Waals surface area contributed by atoms with E-state index in [1.165, 1.54) is 20.4 Å².